The van der Waals surface area contributed by atoms with E-state index in [1.807, 2.05) is 27.7 Å². The van der Waals surface area contributed by atoms with E-state index in [1.54, 1.807) is 0 Å². The topological polar surface area (TPSA) is 40.5 Å². The van der Waals surface area contributed by atoms with Crippen molar-refractivity contribution >= 4 is 0 Å². The lowest BCUT2D eigenvalue weighted by Crippen LogP contribution is -2.17. The maximum atomic E-state index is 9.83. The maximum absolute atomic E-state index is 9.83. The fourth-order valence-electron chi connectivity index (χ4n) is 4.08. The molecule has 0 unspecified atom stereocenters. The third-order valence-corrected chi connectivity index (χ3v) is 6.78. The van der Waals surface area contributed by atoms with Gasteiger partial charge in [0.2, 0.25) is 0 Å². The van der Waals surface area contributed by atoms with Crippen LogP contribution in [0.5, 0.6) is 0 Å². The van der Waals surface area contributed by atoms with Gasteiger partial charge in [-0.1, -0.05) is 119 Å². The zero-order chi connectivity index (χ0) is 32.0. The molecule has 42 heavy (non-hydrogen) atoms. The van der Waals surface area contributed by atoms with Gasteiger partial charge in [-0.25, -0.2) is 0 Å². The molecule has 0 rings (SSSR count). The molecule has 2 N–H and O–H groups in total. The van der Waals surface area contributed by atoms with E-state index in [4.69, 9.17) is 0 Å². The van der Waals surface area contributed by atoms with E-state index in [0.29, 0.717) is 0 Å². The summed E-state index contributed by atoms with van der Waals surface area (Å²) in [5, 5.41) is 19.6. The third-order valence-electron chi connectivity index (χ3n) is 6.78. The van der Waals surface area contributed by atoms with Crippen molar-refractivity contribution in [3.63, 3.8) is 0 Å². The quantitative estimate of drug-likeness (QED) is 0.119. The Morgan fingerprint density at radius 3 is 1.26 bits per heavy atom. The van der Waals surface area contributed by atoms with Crippen LogP contribution in [-0.4, -0.2) is 21.4 Å². The average molecular weight is 575 g/mol. The summed E-state index contributed by atoms with van der Waals surface area (Å²) in [4.78, 5) is 0. The Balaban J connectivity index is 4.57. The second-order valence-electron chi connectivity index (χ2n) is 13.1. The predicted octanol–water partition coefficient (Wildman–Crippen LogP) is 11.6. The molecule has 0 bridgehead atoms. The highest BCUT2D eigenvalue weighted by Gasteiger charge is 2.11. The van der Waals surface area contributed by atoms with Crippen LogP contribution in [0.2, 0.25) is 0 Å². The van der Waals surface area contributed by atoms with E-state index in [1.165, 1.54) is 33.4 Å². The number of aliphatic hydroxyl groups is 2. The zero-order valence-electron chi connectivity index (χ0n) is 28.6. The summed E-state index contributed by atoms with van der Waals surface area (Å²) in [5.74, 6) is 0. The lowest BCUT2D eigenvalue weighted by molar-refractivity contribution is 0.0683. The smallest absolute Gasteiger partial charge is 0.0591 e. The Morgan fingerprint density at radius 2 is 0.833 bits per heavy atom. The first-order valence-corrected chi connectivity index (χ1v) is 15.7. The van der Waals surface area contributed by atoms with Crippen LogP contribution in [0.25, 0.3) is 0 Å². The van der Waals surface area contributed by atoms with Crippen LogP contribution >= 0.6 is 0 Å². The minimum atomic E-state index is -0.577. The molecule has 0 aromatic rings. The molecule has 2 heteroatoms. The van der Waals surface area contributed by atoms with Crippen molar-refractivity contribution in [1.29, 1.82) is 0 Å². The molecule has 0 aliphatic carbocycles. The van der Waals surface area contributed by atoms with Crippen molar-refractivity contribution in [1.82, 2.24) is 0 Å². The molecule has 0 fully saturated rings. The first kappa shape index (κ1) is 39.3. The van der Waals surface area contributed by atoms with Crippen molar-refractivity contribution in [3.8, 4) is 0 Å². The van der Waals surface area contributed by atoms with Gasteiger partial charge in [-0.05, 0) is 121 Å². The van der Waals surface area contributed by atoms with E-state index in [9.17, 15) is 10.2 Å². The molecule has 0 radical (unpaired) electrons. The molecule has 0 atom stereocenters. The van der Waals surface area contributed by atoms with Crippen LogP contribution in [0, 0.1) is 0 Å². The van der Waals surface area contributed by atoms with Crippen molar-refractivity contribution in [3.05, 3.63) is 119 Å². The van der Waals surface area contributed by atoms with E-state index in [-0.39, 0.29) is 0 Å². The molecule has 0 spiro atoms. The first-order chi connectivity index (χ1) is 19.6. The fraction of sp³-hybridized carbons (Fsp3) is 0.500. The minimum absolute atomic E-state index is 0.561. The van der Waals surface area contributed by atoms with E-state index >= 15 is 0 Å². The molecule has 0 heterocycles. The summed E-state index contributed by atoms with van der Waals surface area (Å²) in [5.41, 5.74) is 6.61. The molecule has 0 amide bonds. The summed E-state index contributed by atoms with van der Waals surface area (Å²) >= 11 is 0. The summed E-state index contributed by atoms with van der Waals surface area (Å²) in [6.07, 6.45) is 37.9. The monoisotopic (exact) mass is 574 g/mol. The number of hydrogen-bond donors (Lipinski definition) is 2. The molecule has 0 aliphatic heterocycles. The van der Waals surface area contributed by atoms with Crippen molar-refractivity contribution in [2.45, 2.75) is 132 Å². The molecule has 0 aromatic heterocycles. The maximum Gasteiger partial charge on any atom is 0.0591 e. The normalized spacial score (nSPS) is 15.9. The van der Waals surface area contributed by atoms with Gasteiger partial charge in [-0.2, -0.15) is 0 Å². The van der Waals surface area contributed by atoms with E-state index in [2.05, 4.69) is 127 Å². The Bertz CT molecular complexity index is 1080. The lowest BCUT2D eigenvalue weighted by atomic mass is 9.99. The number of rotatable bonds is 19. The van der Waals surface area contributed by atoms with E-state index in [0.717, 1.165) is 51.4 Å². The van der Waals surface area contributed by atoms with Crippen LogP contribution in [0.15, 0.2) is 119 Å². The van der Waals surface area contributed by atoms with Gasteiger partial charge >= 0.3 is 0 Å². The Hall–Kier alpha value is -2.68. The first-order valence-electron chi connectivity index (χ1n) is 15.7. The van der Waals surface area contributed by atoms with Crippen LogP contribution in [0.1, 0.15) is 121 Å². The highest BCUT2D eigenvalue weighted by atomic mass is 16.3. The SMILES string of the molecule is CC(/C=C/C=C(C)/C=C/C=C(\C)CCCC(C)(C)O)=C\C=C\C=C(C)\C=C\C=C(/C)CC/C=C(\C)CCCC(C)(C)O. The fourth-order valence-corrected chi connectivity index (χ4v) is 4.08. The largest absolute Gasteiger partial charge is 0.390 e. The van der Waals surface area contributed by atoms with Crippen LogP contribution in [-0.2, 0) is 0 Å². The van der Waals surface area contributed by atoms with Crippen LogP contribution < -0.4 is 0 Å². The molecule has 0 saturated heterocycles. The van der Waals surface area contributed by atoms with Gasteiger partial charge in [-0.15, -0.1) is 0 Å². The molecule has 0 saturated carbocycles. The molecule has 2 nitrogen and oxygen atoms in total. The molecule has 234 valence electrons. The number of hydrogen-bond acceptors (Lipinski definition) is 2. The van der Waals surface area contributed by atoms with Gasteiger partial charge in [0, 0.05) is 0 Å². The minimum Gasteiger partial charge on any atom is -0.390 e. The summed E-state index contributed by atoms with van der Waals surface area (Å²) in [6.45, 7) is 20.4. The Labute approximate surface area is 260 Å². The van der Waals surface area contributed by atoms with E-state index < -0.39 is 11.2 Å². The van der Waals surface area contributed by atoms with Gasteiger partial charge < -0.3 is 10.2 Å². The molecule has 0 aliphatic rings. The van der Waals surface area contributed by atoms with Crippen LogP contribution in [0.3, 0.4) is 0 Å². The standard InChI is InChI=1S/C40H62O2/c1-33(21-13-23-35(3)25-15-27-37(5)29-17-31-39(7,8)41)19-11-12-20-34(2)22-14-24-36(4)26-16-28-38(6)30-18-32-40(9,10)42/h11-15,19-25,27-28,41-42H,16-18,26,29-32H2,1-10H3/b12-11+,21-13+,22-14+,25-15+,33-19+,34-20+,35-23+,36-24+,37-27+,38-28+. The average Bonchev–Trinajstić information content (AvgIpc) is 2.85. The van der Waals surface area contributed by atoms with Crippen molar-refractivity contribution in [2.24, 2.45) is 0 Å². The zero-order valence-corrected chi connectivity index (χ0v) is 28.6. The molecular formula is C40H62O2. The summed E-state index contributed by atoms with van der Waals surface area (Å²) in [7, 11) is 0. The second-order valence-corrected chi connectivity index (χ2v) is 13.1. The Kier molecular flexibility index (Phi) is 20.5. The van der Waals surface area contributed by atoms with Gasteiger partial charge in [0.05, 0.1) is 11.2 Å². The highest BCUT2D eigenvalue weighted by molar-refractivity contribution is 5.31. The van der Waals surface area contributed by atoms with Gasteiger partial charge in [0.15, 0.2) is 0 Å². The summed E-state index contributed by atoms with van der Waals surface area (Å²) < 4.78 is 0. The van der Waals surface area contributed by atoms with Gasteiger partial charge in [0.25, 0.3) is 0 Å². The molecule has 0 aromatic carbocycles. The number of allylic oxidation sites excluding steroid dienone is 20. The van der Waals surface area contributed by atoms with Crippen LogP contribution in [0.4, 0.5) is 0 Å². The Morgan fingerprint density at radius 1 is 0.476 bits per heavy atom. The second kappa shape index (κ2) is 21.9. The third kappa shape index (κ3) is 27.5. The summed E-state index contributed by atoms with van der Waals surface area (Å²) in [6, 6.07) is 0. The van der Waals surface area contributed by atoms with Crippen molar-refractivity contribution < 1.29 is 10.2 Å². The highest BCUT2D eigenvalue weighted by Crippen LogP contribution is 2.17. The van der Waals surface area contributed by atoms with Gasteiger partial charge in [0.1, 0.15) is 0 Å². The predicted molar refractivity (Wildman–Crippen MR) is 189 cm³/mol. The van der Waals surface area contributed by atoms with Gasteiger partial charge in [-0.3, -0.25) is 0 Å². The lowest BCUT2D eigenvalue weighted by Gasteiger charge is -2.16. The molecular weight excluding hydrogens is 512 g/mol. The van der Waals surface area contributed by atoms with Crippen molar-refractivity contribution in [2.75, 3.05) is 0 Å².